The van der Waals surface area contributed by atoms with Gasteiger partial charge in [0.2, 0.25) is 0 Å². The first-order valence-corrected chi connectivity index (χ1v) is 3.43. The molecule has 0 fully saturated rings. The Bertz CT molecular complexity index is 27.5. The average molecular weight is 133 g/mol. The Kier molecular flexibility index (Phi) is 20.3. The molecule has 0 rings (SSSR count). The molecule has 0 heterocycles. The quantitative estimate of drug-likeness (QED) is 0.492. The Morgan fingerprint density at radius 3 is 1.22 bits per heavy atom. The molecule has 58 valence electrons. The molecule has 3 heteroatoms. The van der Waals surface area contributed by atoms with Crippen LogP contribution in [-0.4, -0.2) is 19.6 Å². The summed E-state index contributed by atoms with van der Waals surface area (Å²) in [5.41, 5.74) is 15.1. The minimum absolute atomic E-state index is 0.719. The number of hydrogen-bond donors (Lipinski definition) is 3. The molecule has 9 heavy (non-hydrogen) atoms. The van der Waals surface area contributed by atoms with Crippen LogP contribution in [0.5, 0.6) is 0 Å². The van der Waals surface area contributed by atoms with E-state index in [0.717, 1.165) is 32.5 Å². The summed E-state index contributed by atoms with van der Waals surface area (Å²) in [6.07, 6.45) is 2.04. The minimum atomic E-state index is 0.719. The summed E-state index contributed by atoms with van der Waals surface area (Å²) in [5.74, 6) is 0. The fourth-order valence-electron chi connectivity index (χ4n) is 0.118. The normalized spacial score (nSPS) is 8.00. The summed E-state index contributed by atoms with van der Waals surface area (Å²) >= 11 is 0. The van der Waals surface area contributed by atoms with Crippen LogP contribution in [0.3, 0.4) is 0 Å². The van der Waals surface area contributed by atoms with Crippen molar-refractivity contribution in [2.45, 2.75) is 19.8 Å². The predicted molar refractivity (Wildman–Crippen MR) is 42.1 cm³/mol. The monoisotopic (exact) mass is 133 g/mol. The highest BCUT2D eigenvalue weighted by atomic mass is 14.6. The van der Waals surface area contributed by atoms with Crippen molar-refractivity contribution in [3.8, 4) is 0 Å². The van der Waals surface area contributed by atoms with Crippen LogP contribution in [-0.2, 0) is 0 Å². The standard InChI is InChI=1S/C3H10N2.C3H9N/c4-2-1-3-5;1-2-3-4/h1-5H2;2-4H2,1H3. The lowest BCUT2D eigenvalue weighted by Crippen LogP contribution is -2.06. The molecule has 0 bridgehead atoms. The maximum Gasteiger partial charge on any atom is -0.00653 e. The maximum absolute atomic E-state index is 5.06. The van der Waals surface area contributed by atoms with Gasteiger partial charge >= 0.3 is 0 Å². The van der Waals surface area contributed by atoms with Crippen molar-refractivity contribution < 1.29 is 0 Å². The number of hydrogen-bond acceptors (Lipinski definition) is 3. The van der Waals surface area contributed by atoms with Crippen molar-refractivity contribution in [1.29, 1.82) is 0 Å². The minimum Gasteiger partial charge on any atom is -0.330 e. The Labute approximate surface area is 57.6 Å². The zero-order chi connectivity index (χ0) is 7.54. The Hall–Kier alpha value is -0.120. The molecule has 0 aliphatic heterocycles. The third-order valence-corrected chi connectivity index (χ3v) is 0.697. The molecular weight excluding hydrogens is 114 g/mol. The van der Waals surface area contributed by atoms with Crippen LogP contribution >= 0.6 is 0 Å². The first kappa shape index (κ1) is 11.6. The second-order valence-electron chi connectivity index (χ2n) is 1.72. The van der Waals surface area contributed by atoms with Crippen molar-refractivity contribution in [3.05, 3.63) is 0 Å². The van der Waals surface area contributed by atoms with Crippen molar-refractivity contribution in [3.63, 3.8) is 0 Å². The summed E-state index contributed by atoms with van der Waals surface area (Å²) in [6, 6.07) is 0. The van der Waals surface area contributed by atoms with E-state index in [4.69, 9.17) is 17.2 Å². The summed E-state index contributed by atoms with van der Waals surface area (Å²) in [4.78, 5) is 0. The lowest BCUT2D eigenvalue weighted by atomic mass is 10.4. The summed E-state index contributed by atoms with van der Waals surface area (Å²) in [6.45, 7) is 4.31. The van der Waals surface area contributed by atoms with E-state index in [2.05, 4.69) is 6.92 Å². The van der Waals surface area contributed by atoms with E-state index in [0.29, 0.717) is 0 Å². The van der Waals surface area contributed by atoms with Crippen molar-refractivity contribution in [1.82, 2.24) is 0 Å². The van der Waals surface area contributed by atoms with Gasteiger partial charge in [-0.1, -0.05) is 6.92 Å². The van der Waals surface area contributed by atoms with E-state index in [-0.39, 0.29) is 0 Å². The van der Waals surface area contributed by atoms with Crippen LogP contribution in [0.15, 0.2) is 0 Å². The van der Waals surface area contributed by atoms with Crippen LogP contribution < -0.4 is 17.2 Å². The highest BCUT2D eigenvalue weighted by Gasteiger charge is 1.67. The van der Waals surface area contributed by atoms with Gasteiger partial charge in [0.05, 0.1) is 0 Å². The molecule has 0 aromatic rings. The molecule has 0 saturated carbocycles. The van der Waals surface area contributed by atoms with Gasteiger partial charge in [-0.15, -0.1) is 0 Å². The molecular formula is C6H19N3. The molecule has 6 N–H and O–H groups in total. The van der Waals surface area contributed by atoms with E-state index in [1.165, 1.54) is 0 Å². The first-order valence-electron chi connectivity index (χ1n) is 3.43. The fraction of sp³-hybridized carbons (Fsp3) is 1.00. The molecule has 0 atom stereocenters. The van der Waals surface area contributed by atoms with Gasteiger partial charge in [-0.2, -0.15) is 0 Å². The topological polar surface area (TPSA) is 78.1 Å². The Balaban J connectivity index is 0. The van der Waals surface area contributed by atoms with E-state index in [1.807, 2.05) is 0 Å². The molecule has 0 aromatic carbocycles. The zero-order valence-corrected chi connectivity index (χ0v) is 6.27. The lowest BCUT2D eigenvalue weighted by molar-refractivity contribution is 0.844. The Morgan fingerprint density at radius 1 is 0.889 bits per heavy atom. The van der Waals surface area contributed by atoms with Gasteiger partial charge in [-0.05, 0) is 32.5 Å². The van der Waals surface area contributed by atoms with Crippen molar-refractivity contribution in [2.75, 3.05) is 19.6 Å². The molecule has 3 nitrogen and oxygen atoms in total. The smallest absolute Gasteiger partial charge is 0.00653 e. The molecule has 0 saturated heterocycles. The highest BCUT2D eigenvalue weighted by Crippen LogP contribution is 1.58. The van der Waals surface area contributed by atoms with Gasteiger partial charge in [0, 0.05) is 0 Å². The van der Waals surface area contributed by atoms with Crippen LogP contribution in [0.25, 0.3) is 0 Å². The van der Waals surface area contributed by atoms with E-state index < -0.39 is 0 Å². The van der Waals surface area contributed by atoms with Gasteiger partial charge in [0.1, 0.15) is 0 Å². The molecule has 0 amide bonds. The second-order valence-corrected chi connectivity index (χ2v) is 1.72. The van der Waals surface area contributed by atoms with Crippen LogP contribution in [0.2, 0.25) is 0 Å². The molecule has 0 aromatic heterocycles. The second kappa shape index (κ2) is 15.7. The zero-order valence-electron chi connectivity index (χ0n) is 6.27. The van der Waals surface area contributed by atoms with Crippen LogP contribution in [0.4, 0.5) is 0 Å². The average Bonchev–Trinajstić information content (AvgIpc) is 1.91. The summed E-state index contributed by atoms with van der Waals surface area (Å²) < 4.78 is 0. The van der Waals surface area contributed by atoms with Gasteiger partial charge in [-0.25, -0.2) is 0 Å². The van der Waals surface area contributed by atoms with Gasteiger partial charge in [0.25, 0.3) is 0 Å². The van der Waals surface area contributed by atoms with Crippen molar-refractivity contribution in [2.24, 2.45) is 17.2 Å². The molecule has 0 aliphatic carbocycles. The van der Waals surface area contributed by atoms with E-state index in [1.54, 1.807) is 0 Å². The largest absolute Gasteiger partial charge is 0.330 e. The molecule has 0 unspecified atom stereocenters. The first-order chi connectivity index (χ1) is 4.33. The van der Waals surface area contributed by atoms with Gasteiger partial charge in [0.15, 0.2) is 0 Å². The van der Waals surface area contributed by atoms with Crippen LogP contribution in [0, 0.1) is 0 Å². The third kappa shape index (κ3) is 32.8. The SMILES string of the molecule is CCCN.NCCCN. The Morgan fingerprint density at radius 2 is 1.22 bits per heavy atom. The van der Waals surface area contributed by atoms with Crippen molar-refractivity contribution >= 4 is 0 Å². The third-order valence-electron chi connectivity index (χ3n) is 0.697. The highest BCUT2D eigenvalue weighted by molar-refractivity contribution is 4.33. The van der Waals surface area contributed by atoms with Crippen LogP contribution in [0.1, 0.15) is 19.8 Å². The lowest BCUT2D eigenvalue weighted by Gasteiger charge is -1.81. The molecule has 0 radical (unpaired) electrons. The predicted octanol–water partition coefficient (Wildman–Crippen LogP) is -0.351. The summed E-state index contributed by atoms with van der Waals surface area (Å²) in [7, 11) is 0. The fourth-order valence-corrected chi connectivity index (χ4v) is 0.118. The maximum atomic E-state index is 5.06. The molecule has 0 aliphatic rings. The van der Waals surface area contributed by atoms with E-state index >= 15 is 0 Å². The van der Waals surface area contributed by atoms with E-state index in [9.17, 15) is 0 Å². The molecule has 0 spiro atoms. The number of rotatable bonds is 3. The van der Waals surface area contributed by atoms with Gasteiger partial charge in [-0.3, -0.25) is 0 Å². The summed E-state index contributed by atoms with van der Waals surface area (Å²) in [5, 5.41) is 0. The van der Waals surface area contributed by atoms with Gasteiger partial charge < -0.3 is 17.2 Å². The number of nitrogens with two attached hydrogens (primary N) is 3.